The van der Waals surface area contributed by atoms with Crippen molar-refractivity contribution in [2.45, 2.75) is 13.5 Å². The fourth-order valence-electron chi connectivity index (χ4n) is 2.43. The Morgan fingerprint density at radius 2 is 1.77 bits per heavy atom. The maximum Gasteiger partial charge on any atom is 0.387 e. The summed E-state index contributed by atoms with van der Waals surface area (Å²) in [5.41, 5.74) is 1.15. The summed E-state index contributed by atoms with van der Waals surface area (Å²) in [4.78, 5) is 12.2. The van der Waals surface area contributed by atoms with Crippen molar-refractivity contribution in [3.05, 3.63) is 48.0 Å². The number of sulfonamides is 1. The third-order valence-electron chi connectivity index (χ3n) is 3.95. The fraction of sp³-hybridized carbons (Fsp3) is 0.250. The van der Waals surface area contributed by atoms with Crippen LogP contribution in [0.25, 0.3) is 6.08 Å². The molecule has 2 aromatic rings. The van der Waals surface area contributed by atoms with Gasteiger partial charge in [-0.3, -0.25) is 9.52 Å². The molecular formula is C20H22F2N2O6S. The molecule has 0 unspecified atom stereocenters. The molecule has 2 N–H and O–H groups in total. The number of carbonyl (C=O) groups excluding carboxylic acids is 1. The first-order valence-corrected chi connectivity index (χ1v) is 10.6. The number of hydrogen-bond donors (Lipinski definition) is 2. The highest BCUT2D eigenvalue weighted by Crippen LogP contribution is 2.30. The number of halogens is 2. The number of amides is 1. The van der Waals surface area contributed by atoms with E-state index in [0.29, 0.717) is 11.3 Å². The van der Waals surface area contributed by atoms with Gasteiger partial charge in [0.25, 0.3) is 0 Å². The van der Waals surface area contributed by atoms with Crippen LogP contribution in [0.5, 0.6) is 17.2 Å². The smallest absolute Gasteiger partial charge is 0.387 e. The summed E-state index contributed by atoms with van der Waals surface area (Å²) in [5.74, 6) is -0.365. The molecule has 0 aliphatic rings. The van der Waals surface area contributed by atoms with Gasteiger partial charge in [0.05, 0.1) is 25.7 Å². The molecule has 0 saturated carbocycles. The lowest BCUT2D eigenvalue weighted by Crippen LogP contribution is -2.15. The summed E-state index contributed by atoms with van der Waals surface area (Å²) in [7, 11) is -0.800. The Morgan fingerprint density at radius 3 is 2.39 bits per heavy atom. The van der Waals surface area contributed by atoms with E-state index in [1.807, 2.05) is 0 Å². The Morgan fingerprint density at radius 1 is 1.06 bits per heavy atom. The molecule has 11 heteroatoms. The van der Waals surface area contributed by atoms with Crippen LogP contribution in [0.1, 0.15) is 12.5 Å². The predicted octanol–water partition coefficient (Wildman–Crippen LogP) is 3.72. The molecule has 168 valence electrons. The van der Waals surface area contributed by atoms with Crippen molar-refractivity contribution in [2.75, 3.05) is 30.0 Å². The second-order valence-electron chi connectivity index (χ2n) is 6.03. The Bertz CT molecular complexity index is 1060. The zero-order valence-corrected chi connectivity index (χ0v) is 17.8. The summed E-state index contributed by atoms with van der Waals surface area (Å²) >= 11 is 0. The highest BCUT2D eigenvalue weighted by molar-refractivity contribution is 7.92. The largest absolute Gasteiger partial charge is 0.494 e. The van der Waals surface area contributed by atoms with Gasteiger partial charge in [-0.15, -0.1) is 0 Å². The summed E-state index contributed by atoms with van der Waals surface area (Å²) in [6.07, 6.45) is 2.70. The minimum absolute atomic E-state index is 0.0951. The third-order valence-corrected chi connectivity index (χ3v) is 5.24. The van der Waals surface area contributed by atoms with E-state index in [0.717, 1.165) is 0 Å². The predicted molar refractivity (Wildman–Crippen MR) is 113 cm³/mol. The van der Waals surface area contributed by atoms with Gasteiger partial charge >= 0.3 is 6.61 Å². The first kappa shape index (κ1) is 23.9. The highest BCUT2D eigenvalue weighted by atomic mass is 32.2. The zero-order chi connectivity index (χ0) is 23.0. The van der Waals surface area contributed by atoms with Crippen molar-refractivity contribution < 1.29 is 36.2 Å². The van der Waals surface area contributed by atoms with Gasteiger partial charge in [0.2, 0.25) is 15.9 Å². The van der Waals surface area contributed by atoms with E-state index in [-0.39, 0.29) is 28.7 Å². The van der Waals surface area contributed by atoms with Crippen LogP contribution in [0.3, 0.4) is 0 Å². The molecule has 0 fully saturated rings. The van der Waals surface area contributed by atoms with Gasteiger partial charge < -0.3 is 19.5 Å². The second kappa shape index (κ2) is 10.6. The highest BCUT2D eigenvalue weighted by Gasteiger charge is 2.13. The van der Waals surface area contributed by atoms with Crippen LogP contribution in [0.2, 0.25) is 0 Å². The standard InChI is InChI=1S/C20H22F2N2O6S/c1-4-31(26,27)24-15-8-7-14(12-17(15)28-2)23-19(25)10-6-13-5-9-16(30-20(21)22)18(11-13)29-3/h5-12,20,24H,4H2,1-3H3,(H,23,25). The number of hydrogen-bond acceptors (Lipinski definition) is 6. The first-order chi connectivity index (χ1) is 14.7. The average Bonchev–Trinajstić information content (AvgIpc) is 2.73. The number of alkyl halides is 2. The summed E-state index contributed by atoms with van der Waals surface area (Å²) in [6, 6.07) is 8.70. The number of ether oxygens (including phenoxy) is 3. The number of benzene rings is 2. The lowest BCUT2D eigenvalue weighted by atomic mass is 10.2. The van der Waals surface area contributed by atoms with Crippen molar-refractivity contribution in [1.29, 1.82) is 0 Å². The molecule has 0 atom stereocenters. The SMILES string of the molecule is CCS(=O)(=O)Nc1ccc(NC(=O)C=Cc2ccc(OC(F)F)c(OC)c2)cc1OC. The van der Waals surface area contributed by atoms with E-state index in [1.54, 1.807) is 0 Å². The van der Waals surface area contributed by atoms with E-state index >= 15 is 0 Å². The quantitative estimate of drug-likeness (QED) is 0.529. The molecule has 0 saturated heterocycles. The summed E-state index contributed by atoms with van der Waals surface area (Å²) in [5, 5.41) is 2.62. The molecule has 0 heterocycles. The molecular weight excluding hydrogens is 434 g/mol. The Labute approximate surface area is 178 Å². The minimum atomic E-state index is -3.49. The van der Waals surface area contributed by atoms with E-state index in [4.69, 9.17) is 9.47 Å². The molecule has 0 spiro atoms. The van der Waals surface area contributed by atoms with Crippen LogP contribution < -0.4 is 24.2 Å². The van der Waals surface area contributed by atoms with Crippen LogP contribution >= 0.6 is 0 Å². The molecule has 0 bridgehead atoms. The third kappa shape index (κ3) is 7.14. The lowest BCUT2D eigenvalue weighted by molar-refractivity contribution is -0.111. The Balaban J connectivity index is 2.11. The van der Waals surface area contributed by atoms with Crippen molar-refractivity contribution in [1.82, 2.24) is 0 Å². The normalized spacial score (nSPS) is 11.4. The lowest BCUT2D eigenvalue weighted by Gasteiger charge is -2.12. The number of rotatable bonds is 10. The van der Waals surface area contributed by atoms with Crippen LogP contribution in [0, 0.1) is 0 Å². The molecule has 2 rings (SSSR count). The van der Waals surface area contributed by atoms with Crippen LogP contribution in [-0.2, 0) is 14.8 Å². The van der Waals surface area contributed by atoms with Gasteiger partial charge in [-0.25, -0.2) is 8.42 Å². The molecule has 0 aromatic heterocycles. The first-order valence-electron chi connectivity index (χ1n) is 8.98. The van der Waals surface area contributed by atoms with E-state index in [1.165, 1.54) is 69.7 Å². The van der Waals surface area contributed by atoms with Crippen LogP contribution in [0.4, 0.5) is 20.2 Å². The van der Waals surface area contributed by atoms with E-state index < -0.39 is 22.5 Å². The molecule has 8 nitrogen and oxygen atoms in total. The molecule has 0 aliphatic heterocycles. The zero-order valence-electron chi connectivity index (χ0n) is 17.0. The van der Waals surface area contributed by atoms with Crippen molar-refractivity contribution >= 4 is 33.4 Å². The van der Waals surface area contributed by atoms with Gasteiger partial charge in [-0.05, 0) is 42.8 Å². The Kier molecular flexibility index (Phi) is 8.20. The molecule has 2 aromatic carbocycles. The van der Waals surface area contributed by atoms with E-state index in [2.05, 4.69) is 14.8 Å². The number of carbonyl (C=O) groups is 1. The second-order valence-corrected chi connectivity index (χ2v) is 8.04. The summed E-state index contributed by atoms with van der Waals surface area (Å²) < 4.78 is 65.2. The van der Waals surface area contributed by atoms with Gasteiger partial charge in [0.1, 0.15) is 5.75 Å². The molecule has 1 amide bonds. The average molecular weight is 456 g/mol. The maximum absolute atomic E-state index is 12.4. The molecule has 0 aliphatic carbocycles. The monoisotopic (exact) mass is 456 g/mol. The number of nitrogens with one attached hydrogen (secondary N) is 2. The van der Waals surface area contributed by atoms with Gasteiger partial charge in [0.15, 0.2) is 11.5 Å². The molecule has 0 radical (unpaired) electrons. The van der Waals surface area contributed by atoms with Crippen LogP contribution in [0.15, 0.2) is 42.5 Å². The topological polar surface area (TPSA) is 103 Å². The molecule has 31 heavy (non-hydrogen) atoms. The van der Waals surface area contributed by atoms with E-state index in [9.17, 15) is 22.0 Å². The fourth-order valence-corrected chi connectivity index (χ4v) is 3.08. The van der Waals surface area contributed by atoms with Gasteiger partial charge in [0, 0.05) is 17.8 Å². The Hall–Kier alpha value is -3.34. The van der Waals surface area contributed by atoms with Crippen molar-refractivity contribution in [3.63, 3.8) is 0 Å². The summed E-state index contributed by atoms with van der Waals surface area (Å²) in [6.45, 7) is -1.48. The minimum Gasteiger partial charge on any atom is -0.494 e. The van der Waals surface area contributed by atoms with Crippen LogP contribution in [-0.4, -0.2) is 40.9 Å². The van der Waals surface area contributed by atoms with Crippen molar-refractivity contribution in [3.8, 4) is 17.2 Å². The number of anilines is 2. The maximum atomic E-state index is 12.4. The van der Waals surface area contributed by atoms with Crippen molar-refractivity contribution in [2.24, 2.45) is 0 Å². The van der Waals surface area contributed by atoms with Gasteiger partial charge in [-0.1, -0.05) is 6.07 Å². The van der Waals surface area contributed by atoms with Gasteiger partial charge in [-0.2, -0.15) is 8.78 Å². The number of methoxy groups -OCH3 is 2.